The van der Waals surface area contributed by atoms with Crippen LogP contribution in [-0.4, -0.2) is 11.1 Å². The van der Waals surface area contributed by atoms with Crippen molar-refractivity contribution in [1.82, 2.24) is 5.16 Å². The Morgan fingerprint density at radius 1 is 1.08 bits per heavy atom. The first-order valence-electron chi connectivity index (χ1n) is 8.47. The fourth-order valence-electron chi connectivity index (χ4n) is 2.74. The van der Waals surface area contributed by atoms with Gasteiger partial charge in [-0.15, -0.1) is 0 Å². The zero-order chi connectivity index (χ0) is 18.7. The summed E-state index contributed by atoms with van der Waals surface area (Å²) >= 11 is 0. The third-order valence-electron chi connectivity index (χ3n) is 4.20. The van der Waals surface area contributed by atoms with E-state index in [0.29, 0.717) is 11.3 Å². The summed E-state index contributed by atoms with van der Waals surface area (Å²) < 4.78 is 11.0. The van der Waals surface area contributed by atoms with E-state index in [1.165, 1.54) is 0 Å². The van der Waals surface area contributed by atoms with Gasteiger partial charge in [0.15, 0.2) is 5.69 Å². The summed E-state index contributed by atoms with van der Waals surface area (Å²) in [7, 11) is 0. The van der Waals surface area contributed by atoms with E-state index >= 15 is 0 Å². The third kappa shape index (κ3) is 3.94. The first-order valence-corrected chi connectivity index (χ1v) is 8.47. The monoisotopic (exact) mass is 350 g/mol. The number of carbonyl (C=O) groups excluding carboxylic acids is 1. The van der Waals surface area contributed by atoms with Crippen molar-refractivity contribution in [3.63, 3.8) is 0 Å². The highest BCUT2D eigenvalue weighted by atomic mass is 16.5. The molecule has 0 aliphatic heterocycles. The molecule has 2 aromatic carbocycles. The number of hydrogen-bond acceptors (Lipinski definition) is 4. The summed E-state index contributed by atoms with van der Waals surface area (Å²) in [4.78, 5) is 12.7. The molecule has 1 aromatic heterocycles. The smallest absolute Gasteiger partial charge is 0.278 e. The zero-order valence-electron chi connectivity index (χ0n) is 15.4. The van der Waals surface area contributed by atoms with E-state index in [9.17, 15) is 4.79 Å². The molecule has 0 saturated heterocycles. The van der Waals surface area contributed by atoms with Gasteiger partial charge in [-0.1, -0.05) is 35.0 Å². The lowest BCUT2D eigenvalue weighted by Crippen LogP contribution is -2.16. The Bertz CT molecular complexity index is 944. The largest absolute Gasteiger partial charge is 0.489 e. The van der Waals surface area contributed by atoms with Crippen LogP contribution >= 0.6 is 0 Å². The molecule has 0 unspecified atom stereocenters. The lowest BCUT2D eigenvalue weighted by Gasteiger charge is -2.10. The van der Waals surface area contributed by atoms with Crippen molar-refractivity contribution < 1.29 is 14.1 Å². The Kier molecular flexibility index (Phi) is 5.07. The van der Waals surface area contributed by atoms with E-state index in [0.717, 1.165) is 28.1 Å². The molecule has 3 aromatic rings. The SMILES string of the molecule is Cc1cccc(OCc2c(C(=O)Nc3ccc(C)cc3C)noc2C)c1. The molecule has 0 spiro atoms. The molecule has 0 fully saturated rings. The van der Waals surface area contributed by atoms with Crippen LogP contribution in [0.25, 0.3) is 0 Å². The normalized spacial score (nSPS) is 10.6. The van der Waals surface area contributed by atoms with Gasteiger partial charge in [-0.25, -0.2) is 0 Å². The predicted molar refractivity (Wildman–Crippen MR) is 101 cm³/mol. The highest BCUT2D eigenvalue weighted by molar-refractivity contribution is 6.04. The molecule has 0 atom stereocenters. The molecule has 3 rings (SSSR count). The van der Waals surface area contributed by atoms with E-state index in [2.05, 4.69) is 10.5 Å². The number of aryl methyl sites for hydroxylation is 4. The summed E-state index contributed by atoms with van der Waals surface area (Å²) in [5.41, 5.74) is 4.90. The lowest BCUT2D eigenvalue weighted by atomic mass is 10.1. The number of anilines is 1. The number of carbonyl (C=O) groups is 1. The number of nitrogens with zero attached hydrogens (tertiary/aromatic N) is 1. The van der Waals surface area contributed by atoms with Crippen molar-refractivity contribution in [2.24, 2.45) is 0 Å². The highest BCUT2D eigenvalue weighted by Gasteiger charge is 2.21. The second kappa shape index (κ2) is 7.44. The minimum absolute atomic E-state index is 0.217. The lowest BCUT2D eigenvalue weighted by molar-refractivity contribution is 0.101. The average Bonchev–Trinajstić information content (AvgIpc) is 2.96. The van der Waals surface area contributed by atoms with E-state index in [1.54, 1.807) is 6.92 Å². The minimum atomic E-state index is -0.309. The van der Waals surface area contributed by atoms with E-state index in [4.69, 9.17) is 9.26 Å². The first-order chi connectivity index (χ1) is 12.4. The average molecular weight is 350 g/mol. The molecule has 0 radical (unpaired) electrons. The topological polar surface area (TPSA) is 64.4 Å². The third-order valence-corrected chi connectivity index (χ3v) is 4.20. The van der Waals surface area contributed by atoms with Crippen LogP contribution in [0.1, 0.15) is 38.5 Å². The second-order valence-electron chi connectivity index (χ2n) is 6.44. The van der Waals surface area contributed by atoms with Gasteiger partial charge in [0, 0.05) is 5.69 Å². The molecule has 0 aliphatic rings. The molecule has 5 nitrogen and oxygen atoms in total. The van der Waals surface area contributed by atoms with Crippen molar-refractivity contribution >= 4 is 11.6 Å². The number of aromatic nitrogens is 1. The molecule has 5 heteroatoms. The van der Waals surface area contributed by atoms with Gasteiger partial charge in [0.25, 0.3) is 5.91 Å². The summed E-state index contributed by atoms with van der Waals surface area (Å²) in [6.07, 6.45) is 0. The number of ether oxygens (including phenoxy) is 1. The summed E-state index contributed by atoms with van der Waals surface area (Å²) in [5.74, 6) is 1.01. The zero-order valence-corrected chi connectivity index (χ0v) is 15.4. The minimum Gasteiger partial charge on any atom is -0.489 e. The van der Waals surface area contributed by atoms with Gasteiger partial charge < -0.3 is 14.6 Å². The number of nitrogens with one attached hydrogen (secondary N) is 1. The fourth-order valence-corrected chi connectivity index (χ4v) is 2.74. The number of hydrogen-bond donors (Lipinski definition) is 1. The van der Waals surface area contributed by atoms with Gasteiger partial charge in [0.05, 0.1) is 5.56 Å². The van der Waals surface area contributed by atoms with Crippen LogP contribution in [0.4, 0.5) is 5.69 Å². The predicted octanol–water partition coefficient (Wildman–Crippen LogP) is 4.74. The van der Waals surface area contributed by atoms with Gasteiger partial charge in [0.2, 0.25) is 0 Å². The van der Waals surface area contributed by atoms with Crippen molar-refractivity contribution in [1.29, 1.82) is 0 Å². The number of amides is 1. The molecular weight excluding hydrogens is 328 g/mol. The Labute approximate surface area is 153 Å². The van der Waals surface area contributed by atoms with E-state index in [-0.39, 0.29) is 18.2 Å². The second-order valence-corrected chi connectivity index (χ2v) is 6.44. The molecule has 0 aliphatic carbocycles. The van der Waals surface area contributed by atoms with Gasteiger partial charge in [-0.2, -0.15) is 0 Å². The van der Waals surface area contributed by atoms with Crippen LogP contribution < -0.4 is 10.1 Å². The van der Waals surface area contributed by atoms with Gasteiger partial charge in [0.1, 0.15) is 18.1 Å². The van der Waals surface area contributed by atoms with Gasteiger partial charge >= 0.3 is 0 Å². The fraction of sp³-hybridized carbons (Fsp3) is 0.238. The van der Waals surface area contributed by atoms with Crippen LogP contribution in [0.2, 0.25) is 0 Å². The maximum Gasteiger partial charge on any atom is 0.278 e. The van der Waals surface area contributed by atoms with Gasteiger partial charge in [-0.05, 0) is 57.0 Å². The van der Waals surface area contributed by atoms with Crippen LogP contribution in [0.15, 0.2) is 47.0 Å². The highest BCUT2D eigenvalue weighted by Crippen LogP contribution is 2.21. The number of rotatable bonds is 5. The Morgan fingerprint density at radius 3 is 2.58 bits per heavy atom. The maximum absolute atomic E-state index is 12.7. The van der Waals surface area contributed by atoms with Crippen molar-refractivity contribution in [2.45, 2.75) is 34.3 Å². The van der Waals surface area contributed by atoms with Crippen LogP contribution in [0.3, 0.4) is 0 Å². The maximum atomic E-state index is 12.7. The summed E-state index contributed by atoms with van der Waals surface area (Å²) in [5, 5.41) is 6.82. The van der Waals surface area contributed by atoms with E-state index in [1.807, 2.05) is 63.2 Å². The van der Waals surface area contributed by atoms with E-state index < -0.39 is 0 Å². The Balaban J connectivity index is 1.77. The molecule has 1 amide bonds. The molecular formula is C21H22N2O3. The molecule has 1 N–H and O–H groups in total. The molecule has 134 valence electrons. The quantitative estimate of drug-likeness (QED) is 0.722. The van der Waals surface area contributed by atoms with Crippen LogP contribution in [0.5, 0.6) is 5.75 Å². The number of benzene rings is 2. The molecule has 0 saturated carbocycles. The van der Waals surface area contributed by atoms with Gasteiger partial charge in [-0.3, -0.25) is 4.79 Å². The summed E-state index contributed by atoms with van der Waals surface area (Å²) in [6.45, 7) is 7.96. The Hall–Kier alpha value is -3.08. The first kappa shape index (κ1) is 17.7. The van der Waals surface area contributed by atoms with Crippen LogP contribution in [-0.2, 0) is 6.61 Å². The summed E-state index contributed by atoms with van der Waals surface area (Å²) in [6, 6.07) is 13.6. The van der Waals surface area contributed by atoms with Crippen molar-refractivity contribution in [3.8, 4) is 5.75 Å². The van der Waals surface area contributed by atoms with Crippen LogP contribution in [0, 0.1) is 27.7 Å². The molecule has 0 bridgehead atoms. The van der Waals surface area contributed by atoms with Crippen molar-refractivity contribution in [3.05, 3.63) is 76.2 Å². The van der Waals surface area contributed by atoms with Crippen molar-refractivity contribution in [2.75, 3.05) is 5.32 Å². The molecule has 1 heterocycles. The molecule has 26 heavy (non-hydrogen) atoms. The Morgan fingerprint density at radius 2 is 1.85 bits per heavy atom. The standard InChI is InChI=1S/C21H22N2O3/c1-13-6-5-7-17(11-13)25-12-18-16(4)26-23-20(18)21(24)22-19-9-8-14(2)10-15(19)3/h5-11H,12H2,1-4H3,(H,22,24).